The summed E-state index contributed by atoms with van der Waals surface area (Å²) >= 11 is 0. The average Bonchev–Trinajstić information content (AvgIpc) is 2.55. The fraction of sp³-hybridized carbons (Fsp3) is 0.200. The summed E-state index contributed by atoms with van der Waals surface area (Å²) in [5.74, 6) is -1.15. The van der Waals surface area contributed by atoms with Gasteiger partial charge in [-0.25, -0.2) is 10.4 Å². The minimum atomic E-state index is -0.639. The molecule has 1 heterocycles. The van der Waals surface area contributed by atoms with E-state index < -0.39 is 16.7 Å². The molecule has 118 valence electrons. The van der Waals surface area contributed by atoms with Crippen LogP contribution in [0, 0.1) is 10.1 Å². The van der Waals surface area contributed by atoms with E-state index in [1.54, 1.807) is 18.2 Å². The van der Waals surface area contributed by atoms with Gasteiger partial charge in [-0.05, 0) is 17.9 Å². The largest absolute Gasteiger partial charge is 0.396 e. The molecule has 2 aromatic carbocycles. The van der Waals surface area contributed by atoms with Gasteiger partial charge in [-0.2, -0.15) is 0 Å². The zero-order valence-corrected chi connectivity index (χ0v) is 12.0. The molecule has 2 amide bonds. The summed E-state index contributed by atoms with van der Waals surface area (Å²) in [6, 6.07) is 7.35. The third-order valence-electron chi connectivity index (χ3n) is 3.64. The average molecular weight is 315 g/mol. The zero-order valence-electron chi connectivity index (χ0n) is 12.0. The molecule has 0 unspecified atom stereocenters. The number of non-ortho nitro benzene ring substituents is 1. The molecule has 0 spiro atoms. The van der Waals surface area contributed by atoms with E-state index in [-0.39, 0.29) is 24.4 Å². The first-order chi connectivity index (χ1) is 11.0. The molecule has 0 saturated carbocycles. The van der Waals surface area contributed by atoms with Gasteiger partial charge < -0.3 is 5.11 Å². The highest BCUT2D eigenvalue weighted by Crippen LogP contribution is 2.32. The lowest BCUT2D eigenvalue weighted by atomic mass is 9.94. The van der Waals surface area contributed by atoms with Crippen molar-refractivity contribution in [2.24, 2.45) is 0 Å². The van der Waals surface area contributed by atoms with Crippen LogP contribution in [0.4, 0.5) is 5.69 Å². The summed E-state index contributed by atoms with van der Waals surface area (Å²) in [7, 11) is 0. The van der Waals surface area contributed by atoms with Gasteiger partial charge in [-0.3, -0.25) is 19.7 Å². The Morgan fingerprint density at radius 3 is 2.61 bits per heavy atom. The molecule has 0 atom stereocenters. The van der Waals surface area contributed by atoms with Crippen molar-refractivity contribution in [2.75, 3.05) is 13.2 Å². The van der Waals surface area contributed by atoms with E-state index in [9.17, 15) is 19.7 Å². The highest BCUT2D eigenvalue weighted by atomic mass is 16.6. The lowest BCUT2D eigenvalue weighted by Crippen LogP contribution is -2.49. The highest BCUT2D eigenvalue weighted by molar-refractivity contribution is 6.25. The number of benzene rings is 2. The van der Waals surface area contributed by atoms with Gasteiger partial charge in [0.15, 0.2) is 0 Å². The predicted octanol–water partition coefficient (Wildman–Crippen LogP) is 1.23. The van der Waals surface area contributed by atoms with Crippen molar-refractivity contribution in [3.63, 3.8) is 0 Å². The summed E-state index contributed by atoms with van der Waals surface area (Å²) in [4.78, 5) is 35.5. The van der Waals surface area contributed by atoms with Crippen molar-refractivity contribution in [3.8, 4) is 0 Å². The minimum Gasteiger partial charge on any atom is -0.396 e. The number of carbonyl (C=O) groups is 2. The Balaban J connectivity index is 2.15. The van der Waals surface area contributed by atoms with Gasteiger partial charge in [0.2, 0.25) is 0 Å². The normalized spacial score (nSPS) is 13.7. The standard InChI is InChI=1S/C15H13N3O5/c19-6-2-5-16-17-14(20)11-4-1-3-9-7-10(18(22)23)8-12(13(9)11)15(17)21/h1,3-4,7-8,16,19H,2,5-6H2. The molecule has 1 aliphatic heterocycles. The van der Waals surface area contributed by atoms with Crippen molar-refractivity contribution in [3.05, 3.63) is 51.6 Å². The Hall–Kier alpha value is -2.84. The van der Waals surface area contributed by atoms with Gasteiger partial charge in [-0.15, -0.1) is 0 Å². The van der Waals surface area contributed by atoms with Gasteiger partial charge in [0.05, 0.1) is 16.1 Å². The van der Waals surface area contributed by atoms with Crippen molar-refractivity contribution in [2.45, 2.75) is 6.42 Å². The van der Waals surface area contributed by atoms with Crippen molar-refractivity contribution < 1.29 is 19.6 Å². The number of aliphatic hydroxyl groups is 1. The Bertz CT molecular complexity index is 833. The SMILES string of the molecule is O=C1c2cccc3cc([N+](=O)[O-])cc(c23)C(=O)N1NCCCO. The topological polar surface area (TPSA) is 113 Å². The number of nitro groups is 1. The molecule has 0 fully saturated rings. The van der Waals surface area contributed by atoms with Crippen LogP contribution in [0.25, 0.3) is 10.8 Å². The number of imide groups is 1. The lowest BCUT2D eigenvalue weighted by Gasteiger charge is -2.27. The number of nitro benzene ring substituents is 1. The summed E-state index contributed by atoms with van der Waals surface area (Å²) < 4.78 is 0. The van der Waals surface area contributed by atoms with Crippen LogP contribution in [0.2, 0.25) is 0 Å². The van der Waals surface area contributed by atoms with Crippen LogP contribution in [-0.4, -0.2) is 40.0 Å². The second-order valence-electron chi connectivity index (χ2n) is 5.09. The number of rotatable bonds is 5. The van der Waals surface area contributed by atoms with Crippen LogP contribution in [0.5, 0.6) is 0 Å². The monoisotopic (exact) mass is 315 g/mol. The number of carbonyl (C=O) groups excluding carboxylic acids is 2. The van der Waals surface area contributed by atoms with Crippen LogP contribution in [0.1, 0.15) is 27.1 Å². The quantitative estimate of drug-likeness (QED) is 0.371. The first kappa shape index (κ1) is 15.1. The number of hydrazine groups is 1. The van der Waals surface area contributed by atoms with E-state index in [4.69, 9.17) is 5.11 Å². The number of hydrogen-bond donors (Lipinski definition) is 2. The Labute approximate surface area is 130 Å². The second-order valence-corrected chi connectivity index (χ2v) is 5.09. The molecule has 0 aliphatic carbocycles. The molecule has 0 bridgehead atoms. The van der Waals surface area contributed by atoms with Crippen molar-refractivity contribution in [1.82, 2.24) is 10.4 Å². The van der Waals surface area contributed by atoms with Crippen LogP contribution in [0.15, 0.2) is 30.3 Å². The van der Waals surface area contributed by atoms with E-state index in [0.717, 1.165) is 5.01 Å². The molecule has 23 heavy (non-hydrogen) atoms. The van der Waals surface area contributed by atoms with Crippen LogP contribution in [0.3, 0.4) is 0 Å². The summed E-state index contributed by atoms with van der Waals surface area (Å²) in [6.45, 7) is 0.148. The Kier molecular flexibility index (Phi) is 3.77. The number of amides is 2. The van der Waals surface area contributed by atoms with E-state index in [0.29, 0.717) is 22.8 Å². The van der Waals surface area contributed by atoms with E-state index in [2.05, 4.69) is 5.43 Å². The number of aliphatic hydroxyl groups excluding tert-OH is 1. The zero-order chi connectivity index (χ0) is 16.6. The smallest absolute Gasteiger partial charge is 0.276 e. The molecule has 8 nitrogen and oxygen atoms in total. The molecule has 8 heteroatoms. The van der Waals surface area contributed by atoms with Crippen molar-refractivity contribution >= 4 is 28.3 Å². The van der Waals surface area contributed by atoms with Crippen LogP contribution >= 0.6 is 0 Å². The molecule has 0 saturated heterocycles. The van der Waals surface area contributed by atoms with Crippen LogP contribution in [-0.2, 0) is 0 Å². The molecule has 2 N–H and O–H groups in total. The van der Waals surface area contributed by atoms with Gasteiger partial charge >= 0.3 is 0 Å². The fourth-order valence-electron chi connectivity index (χ4n) is 2.61. The highest BCUT2D eigenvalue weighted by Gasteiger charge is 2.34. The molecule has 0 radical (unpaired) electrons. The summed E-state index contributed by atoms with van der Waals surface area (Å²) in [5.41, 5.74) is 2.87. The first-order valence-electron chi connectivity index (χ1n) is 6.99. The molecule has 0 aromatic heterocycles. The fourth-order valence-corrected chi connectivity index (χ4v) is 2.61. The summed E-state index contributed by atoms with van der Waals surface area (Å²) in [5, 5.41) is 21.6. The van der Waals surface area contributed by atoms with Gasteiger partial charge in [0.25, 0.3) is 17.5 Å². The van der Waals surface area contributed by atoms with E-state index >= 15 is 0 Å². The maximum absolute atomic E-state index is 12.5. The van der Waals surface area contributed by atoms with Crippen molar-refractivity contribution in [1.29, 1.82) is 0 Å². The maximum atomic E-state index is 12.5. The van der Waals surface area contributed by atoms with Gasteiger partial charge in [-0.1, -0.05) is 12.1 Å². The maximum Gasteiger partial charge on any atom is 0.276 e. The molecule has 3 rings (SSSR count). The second kappa shape index (κ2) is 5.75. The minimum absolute atomic E-state index is 0.0825. The third-order valence-corrected chi connectivity index (χ3v) is 3.64. The predicted molar refractivity (Wildman–Crippen MR) is 80.8 cm³/mol. The molecular weight excluding hydrogens is 302 g/mol. The number of nitrogens with zero attached hydrogens (tertiary/aromatic N) is 2. The van der Waals surface area contributed by atoms with Gasteiger partial charge in [0, 0.05) is 30.7 Å². The van der Waals surface area contributed by atoms with E-state index in [1.165, 1.54) is 12.1 Å². The van der Waals surface area contributed by atoms with Gasteiger partial charge in [0.1, 0.15) is 0 Å². The number of hydrogen-bond acceptors (Lipinski definition) is 6. The molecule has 1 aliphatic rings. The lowest BCUT2D eigenvalue weighted by molar-refractivity contribution is -0.384. The third kappa shape index (κ3) is 2.43. The molecule has 2 aromatic rings. The van der Waals surface area contributed by atoms with Crippen LogP contribution < -0.4 is 5.43 Å². The van der Waals surface area contributed by atoms with E-state index in [1.807, 2.05) is 0 Å². The Morgan fingerprint density at radius 2 is 1.91 bits per heavy atom. The molecular formula is C15H13N3O5. The number of nitrogens with one attached hydrogen (secondary N) is 1. The Morgan fingerprint density at radius 1 is 1.17 bits per heavy atom. The summed E-state index contributed by atoms with van der Waals surface area (Å²) in [6.07, 6.45) is 0.364. The first-order valence-corrected chi connectivity index (χ1v) is 6.99.